The predicted molar refractivity (Wildman–Crippen MR) is 80.4 cm³/mol. The molecule has 0 unspecified atom stereocenters. The lowest BCUT2D eigenvalue weighted by molar-refractivity contribution is -0.134. The quantitative estimate of drug-likeness (QED) is 0.883. The average Bonchev–Trinajstić information content (AvgIpc) is 3.20. The standard InChI is InChI=1S/C15H14F3N3OS/c16-15(17,18)13-3-7-6-19-11(5-12(7)23-13)14(22)21-10-4-8-1-2-9(10)20-8/h3,5-6,8-10,20H,1-2,4H2,(H,21,22)/t8-,9+,10-/m1/s1. The third-order valence-electron chi connectivity index (χ3n) is 4.53. The van der Waals surface area contributed by atoms with Gasteiger partial charge in [-0.3, -0.25) is 9.78 Å². The van der Waals surface area contributed by atoms with Gasteiger partial charge in [0.15, 0.2) is 0 Å². The highest BCUT2D eigenvalue weighted by atomic mass is 32.1. The van der Waals surface area contributed by atoms with Crippen LogP contribution in [-0.2, 0) is 6.18 Å². The molecule has 23 heavy (non-hydrogen) atoms. The maximum Gasteiger partial charge on any atom is 0.425 e. The summed E-state index contributed by atoms with van der Waals surface area (Å²) in [5.41, 5.74) is 0.163. The smallest absolute Gasteiger partial charge is 0.346 e. The Morgan fingerprint density at radius 2 is 2.17 bits per heavy atom. The molecule has 0 aromatic carbocycles. The Hall–Kier alpha value is -1.67. The second-order valence-electron chi connectivity index (χ2n) is 6.08. The summed E-state index contributed by atoms with van der Waals surface area (Å²) in [5, 5.41) is 6.78. The number of halogens is 3. The molecule has 8 heteroatoms. The minimum atomic E-state index is -4.37. The maximum absolute atomic E-state index is 12.7. The number of nitrogens with zero attached hydrogens (tertiary/aromatic N) is 1. The van der Waals surface area contributed by atoms with Crippen molar-refractivity contribution in [2.45, 2.75) is 43.6 Å². The highest BCUT2D eigenvalue weighted by Gasteiger charge is 2.40. The molecule has 4 rings (SSSR count). The highest BCUT2D eigenvalue weighted by molar-refractivity contribution is 7.19. The van der Waals surface area contributed by atoms with Crippen molar-refractivity contribution < 1.29 is 18.0 Å². The van der Waals surface area contributed by atoms with Crippen LogP contribution in [0.25, 0.3) is 10.1 Å². The monoisotopic (exact) mass is 341 g/mol. The minimum Gasteiger partial charge on any atom is -0.346 e. The van der Waals surface area contributed by atoms with Gasteiger partial charge in [0.2, 0.25) is 0 Å². The zero-order chi connectivity index (χ0) is 16.2. The van der Waals surface area contributed by atoms with Crippen LogP contribution in [0, 0.1) is 0 Å². The lowest BCUT2D eigenvalue weighted by atomic mass is 9.95. The minimum absolute atomic E-state index is 0.0767. The van der Waals surface area contributed by atoms with E-state index in [2.05, 4.69) is 15.6 Å². The molecule has 0 spiro atoms. The zero-order valence-corrected chi connectivity index (χ0v) is 12.8. The third kappa shape index (κ3) is 2.70. The maximum atomic E-state index is 12.7. The summed E-state index contributed by atoms with van der Waals surface area (Å²) in [6, 6.07) is 3.34. The van der Waals surface area contributed by atoms with E-state index in [1.165, 1.54) is 12.3 Å². The van der Waals surface area contributed by atoms with Gasteiger partial charge >= 0.3 is 6.18 Å². The molecule has 2 aliphatic heterocycles. The number of hydrogen-bond donors (Lipinski definition) is 2. The predicted octanol–water partition coefficient (Wildman–Crippen LogP) is 2.94. The van der Waals surface area contributed by atoms with E-state index in [1.54, 1.807) is 0 Å². The van der Waals surface area contributed by atoms with Gasteiger partial charge in [0.05, 0.1) is 0 Å². The largest absolute Gasteiger partial charge is 0.425 e. The van der Waals surface area contributed by atoms with Crippen LogP contribution in [0.5, 0.6) is 0 Å². The lowest BCUT2D eigenvalue weighted by Crippen LogP contribution is -2.43. The third-order valence-corrected chi connectivity index (χ3v) is 5.67. The number of nitrogens with one attached hydrogen (secondary N) is 2. The molecule has 122 valence electrons. The number of pyridine rings is 1. The van der Waals surface area contributed by atoms with Gasteiger partial charge in [0, 0.05) is 34.4 Å². The Morgan fingerprint density at radius 3 is 2.83 bits per heavy atom. The van der Waals surface area contributed by atoms with Crippen molar-refractivity contribution in [1.29, 1.82) is 0 Å². The first-order valence-electron chi connectivity index (χ1n) is 7.44. The van der Waals surface area contributed by atoms with Gasteiger partial charge in [-0.25, -0.2) is 0 Å². The topological polar surface area (TPSA) is 54.0 Å². The van der Waals surface area contributed by atoms with Crippen molar-refractivity contribution in [1.82, 2.24) is 15.6 Å². The Balaban J connectivity index is 1.55. The number of carbonyl (C=O) groups is 1. The van der Waals surface area contributed by atoms with Gasteiger partial charge in [-0.05, 0) is 31.4 Å². The van der Waals surface area contributed by atoms with Crippen molar-refractivity contribution in [3.05, 3.63) is 28.9 Å². The summed E-state index contributed by atoms with van der Waals surface area (Å²) in [6.45, 7) is 0. The summed E-state index contributed by atoms with van der Waals surface area (Å²) >= 11 is 0.633. The van der Waals surface area contributed by atoms with Gasteiger partial charge in [0.25, 0.3) is 5.91 Å². The first-order valence-corrected chi connectivity index (χ1v) is 8.25. The lowest BCUT2D eigenvalue weighted by Gasteiger charge is -2.21. The van der Waals surface area contributed by atoms with Crippen LogP contribution in [0.4, 0.5) is 13.2 Å². The number of amides is 1. The van der Waals surface area contributed by atoms with Crippen molar-refractivity contribution >= 4 is 27.3 Å². The molecule has 0 aliphatic carbocycles. The molecular formula is C15H14F3N3OS. The Bertz CT molecular complexity index is 773. The first-order chi connectivity index (χ1) is 10.9. The van der Waals surface area contributed by atoms with Crippen LogP contribution in [0.15, 0.2) is 18.3 Å². The van der Waals surface area contributed by atoms with Crippen LogP contribution in [0.2, 0.25) is 0 Å². The van der Waals surface area contributed by atoms with Crippen LogP contribution in [0.3, 0.4) is 0 Å². The van der Waals surface area contributed by atoms with E-state index in [0.29, 0.717) is 33.5 Å². The van der Waals surface area contributed by atoms with E-state index in [0.717, 1.165) is 25.3 Å². The first kappa shape index (κ1) is 14.9. The molecule has 2 aliphatic rings. The number of fused-ring (bicyclic) bond motifs is 3. The highest BCUT2D eigenvalue weighted by Crippen LogP contribution is 2.38. The Labute approximate surface area is 134 Å². The van der Waals surface area contributed by atoms with Gasteiger partial charge in [-0.1, -0.05) is 0 Å². The van der Waals surface area contributed by atoms with E-state index in [1.807, 2.05) is 0 Å². The molecule has 2 bridgehead atoms. The summed E-state index contributed by atoms with van der Waals surface area (Å²) in [6.07, 6.45) is 0.0321. The van der Waals surface area contributed by atoms with Crippen molar-refractivity contribution in [2.75, 3.05) is 0 Å². The van der Waals surface area contributed by atoms with E-state index >= 15 is 0 Å². The van der Waals surface area contributed by atoms with Crippen molar-refractivity contribution in [3.63, 3.8) is 0 Å². The van der Waals surface area contributed by atoms with E-state index in [9.17, 15) is 18.0 Å². The second kappa shape index (κ2) is 5.17. The summed E-state index contributed by atoms with van der Waals surface area (Å²) in [4.78, 5) is 15.6. The van der Waals surface area contributed by atoms with E-state index in [-0.39, 0.29) is 17.6 Å². The van der Waals surface area contributed by atoms with Crippen molar-refractivity contribution in [3.8, 4) is 0 Å². The molecular weight excluding hydrogens is 327 g/mol. The second-order valence-corrected chi connectivity index (χ2v) is 7.16. The zero-order valence-electron chi connectivity index (χ0n) is 12.0. The van der Waals surface area contributed by atoms with Gasteiger partial charge in [-0.2, -0.15) is 13.2 Å². The molecule has 1 amide bonds. The molecule has 2 N–H and O–H groups in total. The van der Waals surface area contributed by atoms with E-state index in [4.69, 9.17) is 0 Å². The van der Waals surface area contributed by atoms with Crippen LogP contribution in [-0.4, -0.2) is 29.0 Å². The Morgan fingerprint density at radius 1 is 1.35 bits per heavy atom. The Kier molecular flexibility index (Phi) is 3.35. The normalized spacial score (nSPS) is 26.8. The van der Waals surface area contributed by atoms with Crippen LogP contribution in [0.1, 0.15) is 34.6 Å². The molecule has 0 radical (unpaired) electrons. The fourth-order valence-corrected chi connectivity index (χ4v) is 4.36. The van der Waals surface area contributed by atoms with Gasteiger partial charge in [-0.15, -0.1) is 11.3 Å². The molecule has 2 aromatic heterocycles. The number of hydrogen-bond acceptors (Lipinski definition) is 4. The molecule has 2 fully saturated rings. The molecule has 4 heterocycles. The van der Waals surface area contributed by atoms with Crippen LogP contribution < -0.4 is 10.6 Å². The number of rotatable bonds is 2. The fourth-order valence-electron chi connectivity index (χ4n) is 3.42. The molecule has 0 saturated carbocycles. The SMILES string of the molecule is O=C(N[C@@H]1C[C@H]2CC[C@@H]1N2)c1cc2sc(C(F)(F)F)cc2cn1. The summed E-state index contributed by atoms with van der Waals surface area (Å²) in [7, 11) is 0. The summed E-state index contributed by atoms with van der Waals surface area (Å²) in [5.74, 6) is -0.326. The van der Waals surface area contributed by atoms with Gasteiger partial charge in [0.1, 0.15) is 10.6 Å². The molecule has 2 aromatic rings. The average molecular weight is 341 g/mol. The number of aromatic nitrogens is 1. The van der Waals surface area contributed by atoms with Crippen molar-refractivity contribution in [2.24, 2.45) is 0 Å². The summed E-state index contributed by atoms with van der Waals surface area (Å²) < 4.78 is 38.7. The van der Waals surface area contributed by atoms with Crippen LogP contribution >= 0.6 is 11.3 Å². The van der Waals surface area contributed by atoms with Gasteiger partial charge < -0.3 is 10.6 Å². The fraction of sp³-hybridized carbons (Fsp3) is 0.467. The number of alkyl halides is 3. The van der Waals surface area contributed by atoms with E-state index < -0.39 is 11.1 Å². The molecule has 4 nitrogen and oxygen atoms in total. The number of carbonyl (C=O) groups excluding carboxylic acids is 1. The number of thiophene rings is 1. The molecule has 2 saturated heterocycles. The molecule has 3 atom stereocenters.